The van der Waals surface area contributed by atoms with Crippen molar-refractivity contribution in [1.29, 1.82) is 5.26 Å². The molecular weight excluding hydrogens is 418 g/mol. The van der Waals surface area contributed by atoms with Crippen molar-refractivity contribution >= 4 is 16.1 Å². The molecule has 0 aromatic heterocycles. The zero-order valence-electron chi connectivity index (χ0n) is 18.4. The summed E-state index contributed by atoms with van der Waals surface area (Å²) in [6, 6.07) is 8.93. The Labute approximate surface area is 184 Å². The van der Waals surface area contributed by atoms with E-state index in [-0.39, 0.29) is 24.9 Å². The average Bonchev–Trinajstić information content (AvgIpc) is 2.77. The molecule has 1 aromatic carbocycles. The number of piperazine rings is 2. The topological polar surface area (TPSA) is 97.2 Å². The highest BCUT2D eigenvalue weighted by molar-refractivity contribution is 7.86. The smallest absolute Gasteiger partial charge is 0.282 e. The van der Waals surface area contributed by atoms with Crippen molar-refractivity contribution in [2.75, 3.05) is 59.4 Å². The average molecular weight is 450 g/mol. The Bertz CT molecular complexity index is 914. The lowest BCUT2D eigenvalue weighted by atomic mass is 10.1. The van der Waals surface area contributed by atoms with Crippen molar-refractivity contribution < 1.29 is 17.9 Å². The predicted molar refractivity (Wildman–Crippen MR) is 117 cm³/mol. The summed E-state index contributed by atoms with van der Waals surface area (Å²) < 4.78 is 34.9. The summed E-state index contributed by atoms with van der Waals surface area (Å²) in [4.78, 5) is 16.9. The second kappa shape index (κ2) is 9.96. The van der Waals surface area contributed by atoms with Gasteiger partial charge in [-0.15, -0.1) is 0 Å². The summed E-state index contributed by atoms with van der Waals surface area (Å²) in [6.45, 7) is 7.36. The zero-order valence-corrected chi connectivity index (χ0v) is 19.2. The summed E-state index contributed by atoms with van der Waals surface area (Å²) in [5.74, 6) is 0.0964. The summed E-state index contributed by atoms with van der Waals surface area (Å²) in [7, 11) is -1.53. The lowest BCUT2D eigenvalue weighted by molar-refractivity contribution is -0.142. The number of ether oxygens (including phenoxy) is 1. The van der Waals surface area contributed by atoms with Crippen molar-refractivity contribution in [2.24, 2.45) is 5.92 Å². The molecule has 2 aliphatic heterocycles. The minimum Gasteiger partial charge on any atom is -0.479 e. The zero-order chi connectivity index (χ0) is 22.6. The van der Waals surface area contributed by atoms with Gasteiger partial charge < -0.3 is 14.5 Å². The first-order valence-electron chi connectivity index (χ1n) is 10.6. The van der Waals surface area contributed by atoms with Crippen LogP contribution in [-0.2, 0) is 15.0 Å². The van der Waals surface area contributed by atoms with Crippen LogP contribution in [0.5, 0.6) is 5.75 Å². The molecule has 9 nitrogen and oxygen atoms in total. The molecule has 1 unspecified atom stereocenters. The summed E-state index contributed by atoms with van der Waals surface area (Å²) >= 11 is 0. The minimum absolute atomic E-state index is 0.105. The maximum Gasteiger partial charge on any atom is 0.282 e. The maximum atomic E-state index is 13.2. The van der Waals surface area contributed by atoms with Crippen LogP contribution in [0.1, 0.15) is 19.4 Å². The van der Waals surface area contributed by atoms with Crippen LogP contribution in [-0.4, -0.2) is 98.2 Å². The Balaban J connectivity index is 1.63. The molecule has 0 aliphatic carbocycles. The van der Waals surface area contributed by atoms with Gasteiger partial charge in [0.15, 0.2) is 6.10 Å². The molecular formula is C21H31N5O4S. The van der Waals surface area contributed by atoms with Gasteiger partial charge in [0.1, 0.15) is 11.8 Å². The van der Waals surface area contributed by atoms with E-state index in [0.29, 0.717) is 37.5 Å². The number of hydrogen-bond donors (Lipinski definition) is 0. The maximum absolute atomic E-state index is 13.2. The molecule has 0 N–H and O–H groups in total. The molecule has 1 amide bonds. The van der Waals surface area contributed by atoms with Crippen molar-refractivity contribution in [1.82, 2.24) is 18.4 Å². The number of para-hydroxylation sites is 1. The first kappa shape index (κ1) is 23.5. The first-order valence-corrected chi connectivity index (χ1v) is 12.0. The Hall–Kier alpha value is -2.19. The van der Waals surface area contributed by atoms with E-state index in [1.807, 2.05) is 20.9 Å². The largest absolute Gasteiger partial charge is 0.479 e. The Morgan fingerprint density at radius 3 is 2.10 bits per heavy atom. The molecule has 2 saturated heterocycles. The van der Waals surface area contributed by atoms with E-state index in [0.717, 1.165) is 13.1 Å². The monoisotopic (exact) mass is 449 g/mol. The van der Waals surface area contributed by atoms with Gasteiger partial charge in [-0.25, -0.2) is 0 Å². The van der Waals surface area contributed by atoms with E-state index in [9.17, 15) is 18.5 Å². The van der Waals surface area contributed by atoms with E-state index in [4.69, 9.17) is 4.74 Å². The molecule has 0 radical (unpaired) electrons. The first-order chi connectivity index (χ1) is 14.7. The van der Waals surface area contributed by atoms with Crippen LogP contribution in [0.2, 0.25) is 0 Å². The van der Waals surface area contributed by atoms with E-state index in [1.165, 1.54) is 8.61 Å². The van der Waals surface area contributed by atoms with Crippen LogP contribution in [0.15, 0.2) is 24.3 Å². The van der Waals surface area contributed by atoms with Crippen LogP contribution in [0.3, 0.4) is 0 Å². The van der Waals surface area contributed by atoms with Gasteiger partial charge in [-0.3, -0.25) is 4.79 Å². The van der Waals surface area contributed by atoms with Crippen molar-refractivity contribution in [3.63, 3.8) is 0 Å². The van der Waals surface area contributed by atoms with E-state index in [2.05, 4.69) is 11.0 Å². The molecule has 0 bridgehead atoms. The molecule has 2 fully saturated rings. The number of nitrogens with zero attached hydrogens (tertiary/aromatic N) is 5. The molecule has 1 aromatic rings. The van der Waals surface area contributed by atoms with Gasteiger partial charge >= 0.3 is 0 Å². The number of amides is 1. The van der Waals surface area contributed by atoms with Gasteiger partial charge in [0, 0.05) is 52.4 Å². The normalized spacial score (nSPS) is 20.4. The second-order valence-electron chi connectivity index (χ2n) is 8.32. The second-order valence-corrected chi connectivity index (χ2v) is 10.3. The molecule has 0 saturated carbocycles. The fraction of sp³-hybridized carbons (Fsp3) is 0.619. The Kier molecular flexibility index (Phi) is 7.54. The molecule has 0 spiro atoms. The van der Waals surface area contributed by atoms with Gasteiger partial charge in [-0.1, -0.05) is 26.0 Å². The van der Waals surface area contributed by atoms with Crippen LogP contribution in [0.25, 0.3) is 0 Å². The lowest BCUT2D eigenvalue weighted by Gasteiger charge is -2.40. The van der Waals surface area contributed by atoms with Gasteiger partial charge in [0.2, 0.25) is 0 Å². The molecule has 31 heavy (non-hydrogen) atoms. The summed E-state index contributed by atoms with van der Waals surface area (Å²) in [5, 5.41) is 9.29. The van der Waals surface area contributed by atoms with E-state index >= 15 is 0 Å². The summed E-state index contributed by atoms with van der Waals surface area (Å²) in [5.41, 5.74) is 0.379. The fourth-order valence-electron chi connectivity index (χ4n) is 3.77. The van der Waals surface area contributed by atoms with Crippen molar-refractivity contribution in [3.8, 4) is 11.8 Å². The molecule has 170 valence electrons. The fourth-order valence-corrected chi connectivity index (χ4v) is 5.35. The molecule has 2 aliphatic rings. The molecule has 10 heteroatoms. The highest BCUT2D eigenvalue weighted by Gasteiger charge is 2.37. The quantitative estimate of drug-likeness (QED) is 0.631. The SMILES string of the molecule is CC(C)C(Oc1ccccc1C#N)C(=O)N1CCN(S(=O)(=O)N2CCN(C)CC2)CC1. The third-order valence-electron chi connectivity index (χ3n) is 5.78. The predicted octanol–water partition coefficient (Wildman–Crippen LogP) is 0.598. The highest BCUT2D eigenvalue weighted by Crippen LogP contribution is 2.23. The minimum atomic E-state index is -3.52. The Morgan fingerprint density at radius 1 is 1.00 bits per heavy atom. The number of nitriles is 1. The van der Waals surface area contributed by atoms with Crippen LogP contribution < -0.4 is 4.74 Å². The van der Waals surface area contributed by atoms with E-state index < -0.39 is 16.3 Å². The number of carbonyl (C=O) groups is 1. The van der Waals surface area contributed by atoms with Gasteiger partial charge in [0.05, 0.1) is 5.56 Å². The Morgan fingerprint density at radius 2 is 1.55 bits per heavy atom. The van der Waals surface area contributed by atoms with Crippen LogP contribution in [0, 0.1) is 17.2 Å². The van der Waals surface area contributed by atoms with Crippen LogP contribution in [0.4, 0.5) is 0 Å². The van der Waals surface area contributed by atoms with E-state index in [1.54, 1.807) is 29.2 Å². The third-order valence-corrected chi connectivity index (χ3v) is 7.81. The lowest BCUT2D eigenvalue weighted by Crippen LogP contribution is -2.58. The van der Waals surface area contributed by atoms with Crippen LogP contribution >= 0.6 is 0 Å². The van der Waals surface area contributed by atoms with Gasteiger partial charge in [0.25, 0.3) is 16.1 Å². The third kappa shape index (κ3) is 5.36. The number of rotatable bonds is 6. The van der Waals surface area contributed by atoms with Gasteiger partial charge in [-0.2, -0.15) is 22.3 Å². The number of benzene rings is 1. The highest BCUT2D eigenvalue weighted by atomic mass is 32.2. The van der Waals surface area contributed by atoms with Crippen molar-refractivity contribution in [2.45, 2.75) is 20.0 Å². The number of carbonyl (C=O) groups excluding carboxylic acids is 1. The van der Waals surface area contributed by atoms with Gasteiger partial charge in [-0.05, 0) is 25.1 Å². The molecule has 1 atom stereocenters. The standard InChI is InChI=1S/C21H31N5O4S/c1-17(2)20(30-19-7-5-4-6-18(19)16-22)21(27)24-10-14-26(15-11-24)31(28,29)25-12-8-23(3)9-13-25/h4-7,17,20H,8-15H2,1-3H3. The molecule has 3 rings (SSSR count). The molecule has 2 heterocycles. The number of hydrogen-bond acceptors (Lipinski definition) is 6. The van der Waals surface area contributed by atoms with Crippen molar-refractivity contribution in [3.05, 3.63) is 29.8 Å². The summed E-state index contributed by atoms with van der Waals surface area (Å²) in [6.07, 6.45) is -0.740. The number of likely N-dealkylation sites (N-methyl/N-ethyl adjacent to an activating group) is 1.